The molecule has 1 rings (SSSR count). The van der Waals surface area contributed by atoms with Crippen molar-refractivity contribution in [2.75, 3.05) is 0 Å². The maximum absolute atomic E-state index is 10.4. The summed E-state index contributed by atoms with van der Waals surface area (Å²) in [7, 11) is 0. The Morgan fingerprint density at radius 3 is 1.44 bits per heavy atom. The maximum atomic E-state index is 10.4. The minimum atomic E-state index is -0.860. The zero-order chi connectivity index (χ0) is 11.7. The highest BCUT2D eigenvalue weighted by Gasteiger charge is 2.28. The fourth-order valence-corrected chi connectivity index (χ4v) is 2.24. The molecule has 0 spiro atoms. The van der Waals surface area contributed by atoms with Gasteiger partial charge < -0.3 is 0 Å². The lowest BCUT2D eigenvalue weighted by atomic mass is 9.93. The van der Waals surface area contributed by atoms with Crippen LogP contribution < -0.4 is 0 Å². The lowest BCUT2D eigenvalue weighted by molar-refractivity contribution is 0.338. The third kappa shape index (κ3) is 4.09. The van der Waals surface area contributed by atoms with Crippen LogP contribution in [0.4, 0.5) is 0 Å². The second kappa shape index (κ2) is 7.10. The van der Waals surface area contributed by atoms with Gasteiger partial charge in [-0.3, -0.25) is 0 Å². The summed E-state index contributed by atoms with van der Waals surface area (Å²) in [6, 6.07) is 0. The van der Waals surface area contributed by atoms with Crippen LogP contribution in [0.1, 0.15) is 57.8 Å². The quantitative estimate of drug-likeness (QED) is 0.532. The highest BCUT2D eigenvalue weighted by molar-refractivity contribution is 5.39. The predicted octanol–water partition coefficient (Wildman–Crippen LogP) is 2.88. The van der Waals surface area contributed by atoms with Crippen molar-refractivity contribution >= 4 is 12.2 Å². The Hall–Kier alpha value is -1.24. The zero-order valence-corrected chi connectivity index (χ0v) is 9.57. The molecule has 0 aromatic rings. The molecule has 0 unspecified atom stereocenters. The van der Waals surface area contributed by atoms with Gasteiger partial charge in [-0.15, -0.1) is 0 Å². The van der Waals surface area contributed by atoms with E-state index in [0.29, 0.717) is 12.8 Å². The highest BCUT2D eigenvalue weighted by Crippen LogP contribution is 2.29. The molecule has 1 aliphatic carbocycles. The molecule has 1 saturated carbocycles. The molecular formula is C12H18N2O2. The van der Waals surface area contributed by atoms with Crippen LogP contribution in [0.15, 0.2) is 9.98 Å². The van der Waals surface area contributed by atoms with E-state index < -0.39 is 5.66 Å². The summed E-state index contributed by atoms with van der Waals surface area (Å²) in [5, 5.41) is 0. The third-order valence-corrected chi connectivity index (χ3v) is 3.16. The van der Waals surface area contributed by atoms with E-state index in [9.17, 15) is 9.59 Å². The Labute approximate surface area is 95.9 Å². The van der Waals surface area contributed by atoms with Gasteiger partial charge in [0.1, 0.15) is 0 Å². The average molecular weight is 222 g/mol. The van der Waals surface area contributed by atoms with E-state index in [4.69, 9.17) is 0 Å². The Bertz CT molecular complexity index is 272. The standard InChI is InChI=1S/C12H18N2O2/c15-10-13-12(14-11-16)8-6-4-2-1-3-5-7-9-12/h1-9H2. The summed E-state index contributed by atoms with van der Waals surface area (Å²) in [5.41, 5.74) is -0.860. The van der Waals surface area contributed by atoms with Crippen molar-refractivity contribution in [2.24, 2.45) is 9.98 Å². The monoisotopic (exact) mass is 222 g/mol. The third-order valence-electron chi connectivity index (χ3n) is 3.16. The van der Waals surface area contributed by atoms with Gasteiger partial charge in [0, 0.05) is 0 Å². The molecule has 88 valence electrons. The SMILES string of the molecule is O=C=NC1(N=C=O)CCCCCCCCC1. The van der Waals surface area contributed by atoms with Gasteiger partial charge in [0.25, 0.3) is 0 Å². The number of nitrogens with zero attached hydrogens (tertiary/aromatic N) is 2. The lowest BCUT2D eigenvalue weighted by Gasteiger charge is -2.23. The van der Waals surface area contributed by atoms with E-state index in [1.165, 1.54) is 19.3 Å². The van der Waals surface area contributed by atoms with E-state index in [1.807, 2.05) is 0 Å². The maximum Gasteiger partial charge on any atom is 0.237 e. The molecule has 0 atom stereocenters. The molecule has 0 bridgehead atoms. The fraction of sp³-hybridized carbons (Fsp3) is 0.833. The van der Waals surface area contributed by atoms with Gasteiger partial charge in [0.2, 0.25) is 12.2 Å². The van der Waals surface area contributed by atoms with Gasteiger partial charge in [-0.25, -0.2) is 9.59 Å². The molecule has 16 heavy (non-hydrogen) atoms. The molecular weight excluding hydrogens is 204 g/mol. The topological polar surface area (TPSA) is 58.9 Å². The largest absolute Gasteiger partial charge is 0.237 e. The van der Waals surface area contributed by atoms with Gasteiger partial charge >= 0.3 is 0 Å². The first-order chi connectivity index (χ1) is 7.83. The molecule has 1 fully saturated rings. The molecule has 0 aromatic carbocycles. The van der Waals surface area contributed by atoms with E-state index in [1.54, 1.807) is 12.2 Å². The molecule has 0 aliphatic heterocycles. The normalized spacial score (nSPS) is 21.2. The van der Waals surface area contributed by atoms with Crippen LogP contribution in [-0.2, 0) is 9.59 Å². The molecule has 0 N–H and O–H groups in total. The molecule has 0 amide bonds. The number of carbonyl (C=O) groups excluding carboxylic acids is 2. The predicted molar refractivity (Wildman–Crippen MR) is 60.5 cm³/mol. The van der Waals surface area contributed by atoms with Crippen LogP contribution in [-0.4, -0.2) is 17.8 Å². The number of hydrogen-bond acceptors (Lipinski definition) is 4. The molecule has 0 radical (unpaired) electrons. The fourth-order valence-electron chi connectivity index (χ4n) is 2.24. The Morgan fingerprint density at radius 1 is 0.688 bits per heavy atom. The summed E-state index contributed by atoms with van der Waals surface area (Å²) < 4.78 is 0. The molecule has 0 saturated heterocycles. The molecule has 1 aliphatic rings. The van der Waals surface area contributed by atoms with Gasteiger partial charge in [-0.1, -0.05) is 32.1 Å². The van der Waals surface area contributed by atoms with E-state index in [0.717, 1.165) is 25.7 Å². The number of rotatable bonds is 2. The molecule has 0 aromatic heterocycles. The van der Waals surface area contributed by atoms with Crippen molar-refractivity contribution in [2.45, 2.75) is 63.5 Å². The van der Waals surface area contributed by atoms with E-state index in [-0.39, 0.29) is 0 Å². The van der Waals surface area contributed by atoms with Crippen LogP contribution in [0.5, 0.6) is 0 Å². The summed E-state index contributed by atoms with van der Waals surface area (Å²) in [5.74, 6) is 0. The lowest BCUT2D eigenvalue weighted by Crippen LogP contribution is -2.24. The summed E-state index contributed by atoms with van der Waals surface area (Å²) in [6.07, 6.45) is 12.3. The average Bonchev–Trinajstić information content (AvgIpc) is 2.28. The molecule has 0 heterocycles. The number of isocyanates is 2. The number of aliphatic imine (C=N–C) groups is 2. The first-order valence-electron chi connectivity index (χ1n) is 6.01. The van der Waals surface area contributed by atoms with Gasteiger partial charge in [0.05, 0.1) is 0 Å². The molecule has 4 nitrogen and oxygen atoms in total. The first kappa shape index (κ1) is 12.8. The van der Waals surface area contributed by atoms with E-state index >= 15 is 0 Å². The number of hydrogen-bond donors (Lipinski definition) is 0. The Kier molecular flexibility index (Phi) is 5.69. The van der Waals surface area contributed by atoms with E-state index in [2.05, 4.69) is 9.98 Å². The van der Waals surface area contributed by atoms with Crippen molar-refractivity contribution in [3.63, 3.8) is 0 Å². The minimum absolute atomic E-state index is 0.664. The van der Waals surface area contributed by atoms with Crippen molar-refractivity contribution in [3.05, 3.63) is 0 Å². The van der Waals surface area contributed by atoms with Crippen LogP contribution in [0.3, 0.4) is 0 Å². The van der Waals surface area contributed by atoms with Crippen LogP contribution >= 0.6 is 0 Å². The molecule has 4 heteroatoms. The van der Waals surface area contributed by atoms with Gasteiger partial charge in [0.15, 0.2) is 5.66 Å². The Morgan fingerprint density at radius 2 is 1.06 bits per heavy atom. The van der Waals surface area contributed by atoms with Gasteiger partial charge in [-0.2, -0.15) is 9.98 Å². The van der Waals surface area contributed by atoms with Gasteiger partial charge in [-0.05, 0) is 25.7 Å². The summed E-state index contributed by atoms with van der Waals surface area (Å²) in [6.45, 7) is 0. The van der Waals surface area contributed by atoms with Crippen molar-refractivity contribution in [1.29, 1.82) is 0 Å². The van der Waals surface area contributed by atoms with Crippen LogP contribution in [0.2, 0.25) is 0 Å². The smallest absolute Gasteiger partial charge is 0.211 e. The second-order valence-corrected chi connectivity index (χ2v) is 4.36. The highest BCUT2D eigenvalue weighted by atomic mass is 16.1. The van der Waals surface area contributed by atoms with Crippen LogP contribution in [0, 0.1) is 0 Å². The summed E-state index contributed by atoms with van der Waals surface area (Å²) in [4.78, 5) is 28.3. The van der Waals surface area contributed by atoms with Crippen molar-refractivity contribution in [3.8, 4) is 0 Å². The minimum Gasteiger partial charge on any atom is -0.211 e. The summed E-state index contributed by atoms with van der Waals surface area (Å²) >= 11 is 0. The Balaban J connectivity index is 2.74. The van der Waals surface area contributed by atoms with Crippen molar-refractivity contribution in [1.82, 2.24) is 0 Å². The first-order valence-corrected chi connectivity index (χ1v) is 6.01. The zero-order valence-electron chi connectivity index (χ0n) is 9.57. The van der Waals surface area contributed by atoms with Crippen molar-refractivity contribution < 1.29 is 9.59 Å². The van der Waals surface area contributed by atoms with Crippen LogP contribution in [0.25, 0.3) is 0 Å². The second-order valence-electron chi connectivity index (χ2n) is 4.36.